The van der Waals surface area contributed by atoms with Gasteiger partial charge in [0, 0.05) is 13.5 Å². The second kappa shape index (κ2) is 6.56. The van der Waals surface area contributed by atoms with E-state index in [9.17, 15) is 0 Å². The van der Waals surface area contributed by atoms with Crippen molar-refractivity contribution >= 4 is 0 Å². The van der Waals surface area contributed by atoms with Gasteiger partial charge >= 0.3 is 0 Å². The zero-order chi connectivity index (χ0) is 11.1. The Balaban J connectivity index is 2.16. The van der Waals surface area contributed by atoms with E-state index in [1.807, 2.05) is 11.7 Å². The Hall–Kier alpha value is -0.900. The van der Waals surface area contributed by atoms with E-state index >= 15 is 0 Å². The highest BCUT2D eigenvalue weighted by atomic mass is 15.3. The van der Waals surface area contributed by atoms with Crippen molar-refractivity contribution in [2.45, 2.75) is 33.1 Å². The van der Waals surface area contributed by atoms with Crippen molar-refractivity contribution in [1.82, 2.24) is 20.1 Å². The molecule has 1 N–H and O–H groups in total. The zero-order valence-electron chi connectivity index (χ0n) is 10.0. The van der Waals surface area contributed by atoms with Crippen molar-refractivity contribution in [2.24, 2.45) is 13.0 Å². The van der Waals surface area contributed by atoms with E-state index < -0.39 is 0 Å². The first-order chi connectivity index (χ1) is 7.24. The van der Waals surface area contributed by atoms with Gasteiger partial charge in [0.1, 0.15) is 12.2 Å². The maximum atomic E-state index is 4.22. The molecule has 1 aromatic rings. The van der Waals surface area contributed by atoms with Crippen molar-refractivity contribution in [3.63, 3.8) is 0 Å². The van der Waals surface area contributed by atoms with Crippen molar-refractivity contribution in [1.29, 1.82) is 0 Å². The fourth-order valence-corrected chi connectivity index (χ4v) is 1.55. The molecule has 0 bridgehead atoms. The Morgan fingerprint density at radius 3 is 2.93 bits per heavy atom. The first kappa shape index (κ1) is 12.2. The van der Waals surface area contributed by atoms with Crippen LogP contribution in [-0.2, 0) is 13.5 Å². The van der Waals surface area contributed by atoms with E-state index in [-0.39, 0.29) is 0 Å². The molecule has 0 spiro atoms. The number of nitrogens with zero attached hydrogens (tertiary/aromatic N) is 3. The van der Waals surface area contributed by atoms with Gasteiger partial charge in [-0.2, -0.15) is 5.10 Å². The zero-order valence-corrected chi connectivity index (χ0v) is 10.0. The summed E-state index contributed by atoms with van der Waals surface area (Å²) < 4.78 is 1.85. The molecule has 0 saturated carbocycles. The molecule has 0 fully saturated rings. The molecule has 0 aliphatic carbocycles. The average Bonchev–Trinajstić information content (AvgIpc) is 2.61. The molecular weight excluding hydrogens is 188 g/mol. The third kappa shape index (κ3) is 4.42. The molecule has 15 heavy (non-hydrogen) atoms. The lowest BCUT2D eigenvalue weighted by Crippen LogP contribution is -2.22. The van der Waals surface area contributed by atoms with E-state index in [0.29, 0.717) is 5.92 Å². The monoisotopic (exact) mass is 210 g/mol. The van der Waals surface area contributed by atoms with Crippen LogP contribution in [0.15, 0.2) is 6.33 Å². The van der Waals surface area contributed by atoms with Crippen LogP contribution in [0.2, 0.25) is 0 Å². The van der Waals surface area contributed by atoms with Gasteiger partial charge in [0.15, 0.2) is 0 Å². The molecule has 1 unspecified atom stereocenters. The van der Waals surface area contributed by atoms with Crippen LogP contribution in [0.25, 0.3) is 0 Å². The molecule has 0 aliphatic heterocycles. The molecule has 0 saturated heterocycles. The number of nitrogens with one attached hydrogen (secondary N) is 1. The lowest BCUT2D eigenvalue weighted by atomic mass is 10.1. The number of hydrogen-bond acceptors (Lipinski definition) is 3. The summed E-state index contributed by atoms with van der Waals surface area (Å²) in [4.78, 5) is 4.22. The number of aromatic nitrogens is 3. The van der Waals surface area contributed by atoms with Crippen LogP contribution in [0.3, 0.4) is 0 Å². The van der Waals surface area contributed by atoms with Crippen LogP contribution >= 0.6 is 0 Å². The molecule has 1 atom stereocenters. The van der Waals surface area contributed by atoms with E-state index in [1.165, 1.54) is 12.8 Å². The first-order valence-electron chi connectivity index (χ1n) is 5.77. The van der Waals surface area contributed by atoms with Crippen LogP contribution in [0.5, 0.6) is 0 Å². The van der Waals surface area contributed by atoms with Gasteiger partial charge < -0.3 is 5.32 Å². The Morgan fingerprint density at radius 1 is 1.53 bits per heavy atom. The summed E-state index contributed by atoms with van der Waals surface area (Å²) in [7, 11) is 1.95. The van der Waals surface area contributed by atoms with Gasteiger partial charge in [0.25, 0.3) is 0 Å². The van der Waals surface area contributed by atoms with Crippen LogP contribution in [0.4, 0.5) is 0 Å². The minimum atomic E-state index is 0.702. The van der Waals surface area contributed by atoms with Crippen molar-refractivity contribution in [2.75, 3.05) is 13.1 Å². The molecule has 0 aromatic carbocycles. The van der Waals surface area contributed by atoms with Crippen LogP contribution in [0, 0.1) is 5.92 Å². The van der Waals surface area contributed by atoms with Gasteiger partial charge in [0.05, 0.1) is 0 Å². The molecule has 4 heteroatoms. The second-order valence-electron chi connectivity index (χ2n) is 4.15. The summed E-state index contributed by atoms with van der Waals surface area (Å²) >= 11 is 0. The SMILES string of the molecule is CCCNCC(C)CCc1ncnn1C. The molecule has 0 amide bonds. The third-order valence-electron chi connectivity index (χ3n) is 2.59. The maximum Gasteiger partial charge on any atom is 0.138 e. The largest absolute Gasteiger partial charge is 0.316 e. The summed E-state index contributed by atoms with van der Waals surface area (Å²) in [6, 6.07) is 0. The predicted molar refractivity (Wildman–Crippen MR) is 61.6 cm³/mol. The van der Waals surface area contributed by atoms with Gasteiger partial charge in [-0.15, -0.1) is 0 Å². The Labute approximate surface area is 92.1 Å². The Morgan fingerprint density at radius 2 is 2.33 bits per heavy atom. The van der Waals surface area contributed by atoms with Gasteiger partial charge in [-0.1, -0.05) is 13.8 Å². The van der Waals surface area contributed by atoms with E-state index in [4.69, 9.17) is 0 Å². The molecule has 0 radical (unpaired) electrons. The molecular formula is C11H22N4. The quantitative estimate of drug-likeness (QED) is 0.691. The second-order valence-corrected chi connectivity index (χ2v) is 4.15. The first-order valence-corrected chi connectivity index (χ1v) is 5.77. The number of rotatable bonds is 7. The summed E-state index contributed by atoms with van der Waals surface area (Å²) in [6.07, 6.45) is 5.01. The van der Waals surface area contributed by atoms with Gasteiger partial charge in [-0.25, -0.2) is 4.98 Å². The van der Waals surface area contributed by atoms with Crippen LogP contribution < -0.4 is 5.32 Å². The van der Waals surface area contributed by atoms with Crippen LogP contribution in [-0.4, -0.2) is 27.9 Å². The number of hydrogen-bond donors (Lipinski definition) is 1. The lowest BCUT2D eigenvalue weighted by Gasteiger charge is -2.11. The van der Waals surface area contributed by atoms with E-state index in [0.717, 1.165) is 25.3 Å². The van der Waals surface area contributed by atoms with Gasteiger partial charge in [-0.3, -0.25) is 4.68 Å². The van der Waals surface area contributed by atoms with E-state index in [2.05, 4.69) is 29.2 Å². The smallest absolute Gasteiger partial charge is 0.138 e. The average molecular weight is 210 g/mol. The highest BCUT2D eigenvalue weighted by Crippen LogP contribution is 2.05. The van der Waals surface area contributed by atoms with Gasteiger partial charge in [-0.05, 0) is 31.8 Å². The predicted octanol–water partition coefficient (Wildman–Crippen LogP) is 1.38. The fraction of sp³-hybridized carbons (Fsp3) is 0.818. The highest BCUT2D eigenvalue weighted by Gasteiger charge is 2.05. The summed E-state index contributed by atoms with van der Waals surface area (Å²) in [5.41, 5.74) is 0. The number of aryl methyl sites for hydroxylation is 2. The molecule has 1 aromatic heterocycles. The Bertz CT molecular complexity index is 269. The fourth-order valence-electron chi connectivity index (χ4n) is 1.55. The summed E-state index contributed by atoms with van der Waals surface area (Å²) in [5, 5.41) is 7.50. The lowest BCUT2D eigenvalue weighted by molar-refractivity contribution is 0.472. The van der Waals surface area contributed by atoms with Crippen molar-refractivity contribution < 1.29 is 0 Å². The molecule has 86 valence electrons. The van der Waals surface area contributed by atoms with Crippen LogP contribution in [0.1, 0.15) is 32.5 Å². The molecule has 1 rings (SSSR count). The normalized spacial score (nSPS) is 13.0. The van der Waals surface area contributed by atoms with Crippen molar-refractivity contribution in [3.8, 4) is 0 Å². The minimum Gasteiger partial charge on any atom is -0.316 e. The summed E-state index contributed by atoms with van der Waals surface area (Å²) in [5.74, 6) is 1.78. The molecule has 4 nitrogen and oxygen atoms in total. The molecule has 1 heterocycles. The minimum absolute atomic E-state index is 0.702. The molecule has 0 aliphatic rings. The highest BCUT2D eigenvalue weighted by molar-refractivity contribution is 4.83. The van der Waals surface area contributed by atoms with Gasteiger partial charge in [0.2, 0.25) is 0 Å². The Kier molecular flexibility index (Phi) is 5.32. The maximum absolute atomic E-state index is 4.22. The van der Waals surface area contributed by atoms with E-state index in [1.54, 1.807) is 6.33 Å². The summed E-state index contributed by atoms with van der Waals surface area (Å²) in [6.45, 7) is 6.69. The van der Waals surface area contributed by atoms with Crippen molar-refractivity contribution in [3.05, 3.63) is 12.2 Å². The third-order valence-corrected chi connectivity index (χ3v) is 2.59. The standard InChI is InChI=1S/C11H22N4/c1-4-7-12-8-10(2)5-6-11-13-9-14-15(11)3/h9-10,12H,4-8H2,1-3H3. The topological polar surface area (TPSA) is 42.7 Å².